The van der Waals surface area contributed by atoms with Gasteiger partial charge in [0.1, 0.15) is 28.2 Å². The molecule has 5 saturated carbocycles. The molecule has 4 aromatic rings. The zero-order valence-corrected chi connectivity index (χ0v) is 51.7. The Morgan fingerprint density at radius 3 is 1.20 bits per heavy atom. The molecule has 11 heteroatoms. The molecule has 9 rings (SSSR count). The van der Waals surface area contributed by atoms with Gasteiger partial charge in [0, 0.05) is 7.13 Å². The van der Waals surface area contributed by atoms with Crippen molar-refractivity contribution in [2.45, 2.75) is 228 Å². The Kier molecular flexibility index (Phi) is 26.3. The van der Waals surface area contributed by atoms with Gasteiger partial charge in [-0.1, -0.05) is 195 Å². The number of hydrogen-bond acceptors (Lipinski definition) is 1. The van der Waals surface area contributed by atoms with E-state index in [9.17, 15) is 30.7 Å². The van der Waals surface area contributed by atoms with Gasteiger partial charge in [-0.25, -0.2) is 22.0 Å². The molecule has 456 valence electrons. The first-order chi connectivity index (χ1) is 38.0. The fourth-order valence-electron chi connectivity index (χ4n) is 13.2. The molecule has 0 aromatic heterocycles. The van der Waals surface area contributed by atoms with Crippen LogP contribution >= 0.6 is 34.8 Å². The summed E-state index contributed by atoms with van der Waals surface area (Å²) in [5.74, 6) is 3.78. The van der Waals surface area contributed by atoms with Crippen molar-refractivity contribution in [1.29, 1.82) is 0 Å². The van der Waals surface area contributed by atoms with Crippen LogP contribution in [0, 0.1) is 116 Å². The largest absolute Gasteiger partial charge is 0.431 e. The standard InChI is InChI=1S/C22H32F2.2C16H22ClF.C15H18ClF3O.5H2/c1-15-3-9-18(10-4-15)19-12-6-17(7-13-19)8-14-20-11-5-16(2)21(23)22(20)24;1-11-3-6-13(7-4-11)8-10-14-9-5-12(2)16(18)15(14)17;1-11-3-6-13(7-4-11)8-10-14-9-5-12(2)15(17)16(14)18;1-9-3-6-11(7-4-9)15(18,19)20-12-8-5-10(2)14(17)13(12)16;;;;;/h5,11,15,17-19H,3-4,6-10,12-14H2,1-2H3;2*5,9,11,13H,3-4,6-8,10H2,1-2H3;5,8-9,11H,3-4,6-7H2,1-2H3;5*1H. The Labute approximate surface area is 500 Å². The van der Waals surface area contributed by atoms with Gasteiger partial charge in [-0.3, -0.25) is 0 Å². The fraction of sp³-hybridized carbons (Fsp3) is 0.652. The molecule has 5 fully saturated rings. The summed E-state index contributed by atoms with van der Waals surface area (Å²) in [6, 6.07) is 13.8. The second-order valence-electron chi connectivity index (χ2n) is 25.8. The summed E-state index contributed by atoms with van der Waals surface area (Å²) < 4.78 is 102. The summed E-state index contributed by atoms with van der Waals surface area (Å²) in [6.45, 7) is 15.9. The summed E-state index contributed by atoms with van der Waals surface area (Å²) >= 11 is 17.7. The van der Waals surface area contributed by atoms with Gasteiger partial charge in [0.05, 0.1) is 16.0 Å². The minimum atomic E-state index is -3.31. The average Bonchev–Trinajstić information content (AvgIpc) is 3.66. The van der Waals surface area contributed by atoms with Crippen molar-refractivity contribution in [3.63, 3.8) is 0 Å². The van der Waals surface area contributed by atoms with E-state index in [4.69, 9.17) is 39.5 Å². The Bertz CT molecular complexity index is 2480. The Morgan fingerprint density at radius 2 is 0.725 bits per heavy atom. The van der Waals surface area contributed by atoms with Crippen LogP contribution in [0.2, 0.25) is 15.1 Å². The number of rotatable bonds is 13. The third-order valence-electron chi connectivity index (χ3n) is 19.4. The van der Waals surface area contributed by atoms with Crippen LogP contribution in [0.5, 0.6) is 5.75 Å². The molecule has 80 heavy (non-hydrogen) atoms. The highest BCUT2D eigenvalue weighted by Gasteiger charge is 2.44. The van der Waals surface area contributed by atoms with E-state index in [1.54, 1.807) is 26.0 Å². The molecule has 1 nitrogen and oxygen atoms in total. The van der Waals surface area contributed by atoms with Gasteiger partial charge in [-0.2, -0.15) is 8.78 Å². The molecule has 0 unspecified atom stereocenters. The van der Waals surface area contributed by atoms with Gasteiger partial charge in [0.15, 0.2) is 11.6 Å². The second kappa shape index (κ2) is 31.8. The van der Waals surface area contributed by atoms with Gasteiger partial charge in [0.25, 0.3) is 0 Å². The van der Waals surface area contributed by atoms with Gasteiger partial charge >= 0.3 is 6.11 Å². The van der Waals surface area contributed by atoms with Gasteiger partial charge in [-0.05, 0) is 203 Å². The summed E-state index contributed by atoms with van der Waals surface area (Å²) in [7, 11) is 0. The van der Waals surface area contributed by atoms with E-state index in [0.717, 1.165) is 103 Å². The summed E-state index contributed by atoms with van der Waals surface area (Å²) in [6.07, 6.45) is 26.3. The Morgan fingerprint density at radius 1 is 0.388 bits per heavy atom. The molecule has 0 spiro atoms. The zero-order valence-electron chi connectivity index (χ0n) is 49.5. The van der Waals surface area contributed by atoms with E-state index in [1.807, 2.05) is 31.2 Å². The molecule has 0 bridgehead atoms. The van der Waals surface area contributed by atoms with E-state index in [2.05, 4.69) is 27.7 Å². The predicted octanol–water partition coefficient (Wildman–Crippen LogP) is 24.7. The maximum Gasteiger partial charge on any atom is 0.400 e. The number of halogens is 10. The molecule has 5 aliphatic carbocycles. The molecular formula is C69H104Cl3F7O. The SMILES string of the molecule is Cc1ccc(CCC2CCC(C)CC2)c(Cl)c1F.Cc1ccc(CCC2CCC(C)CC2)c(F)c1Cl.Cc1ccc(CCC2CCC(C3CCC(C)CC3)CC2)c(F)c1F.Cc1ccc(OC(F)(F)C2CCC(C)CC2)c(Cl)c1F.[HH].[HH].[HH].[HH].[HH]. The highest BCUT2D eigenvalue weighted by Crippen LogP contribution is 2.44. The zero-order chi connectivity index (χ0) is 58.3. The van der Waals surface area contributed by atoms with E-state index >= 15 is 0 Å². The van der Waals surface area contributed by atoms with Gasteiger partial charge < -0.3 is 4.74 Å². The number of benzene rings is 4. The topological polar surface area (TPSA) is 9.23 Å². The van der Waals surface area contributed by atoms with Crippen molar-refractivity contribution in [3.8, 4) is 5.75 Å². The van der Waals surface area contributed by atoms with Crippen LogP contribution in [-0.4, -0.2) is 6.11 Å². The van der Waals surface area contributed by atoms with Crippen molar-refractivity contribution in [1.82, 2.24) is 0 Å². The number of hydrogen-bond donors (Lipinski definition) is 0. The van der Waals surface area contributed by atoms with E-state index in [1.165, 1.54) is 122 Å². The molecule has 0 N–H and O–H groups in total. The molecule has 0 radical (unpaired) electrons. The third kappa shape index (κ3) is 19.6. The Hall–Kier alpha value is -2.94. The molecule has 0 aliphatic heterocycles. The minimum absolute atomic E-state index is 0. The Balaban J connectivity index is 0.000000560. The lowest BCUT2D eigenvalue weighted by Crippen LogP contribution is -2.37. The van der Waals surface area contributed by atoms with Crippen LogP contribution in [0.4, 0.5) is 30.7 Å². The minimum Gasteiger partial charge on any atom is -0.431 e. The van der Waals surface area contributed by atoms with E-state index in [-0.39, 0.29) is 29.5 Å². The first-order valence-electron chi connectivity index (χ1n) is 30.8. The van der Waals surface area contributed by atoms with Crippen molar-refractivity contribution in [3.05, 3.63) is 132 Å². The maximum atomic E-state index is 14.1. The number of aryl methyl sites for hydroxylation is 7. The summed E-state index contributed by atoms with van der Waals surface area (Å²) in [5.41, 5.74) is 4.47. The van der Waals surface area contributed by atoms with Crippen LogP contribution in [0.25, 0.3) is 0 Å². The number of alkyl halides is 2. The molecule has 4 aromatic carbocycles. The van der Waals surface area contributed by atoms with Crippen molar-refractivity contribution >= 4 is 34.8 Å². The van der Waals surface area contributed by atoms with Crippen LogP contribution in [0.15, 0.2) is 48.5 Å². The second-order valence-corrected chi connectivity index (χ2v) is 26.9. The first-order valence-corrected chi connectivity index (χ1v) is 32.0. The first kappa shape index (κ1) is 66.2. The molecule has 0 atom stereocenters. The lowest BCUT2D eigenvalue weighted by Gasteiger charge is -2.37. The van der Waals surface area contributed by atoms with Crippen LogP contribution < -0.4 is 4.74 Å². The quantitative estimate of drug-likeness (QED) is 0.121. The van der Waals surface area contributed by atoms with Crippen LogP contribution in [0.3, 0.4) is 0 Å². The lowest BCUT2D eigenvalue weighted by atomic mass is 9.69. The smallest absolute Gasteiger partial charge is 0.400 e. The fourth-order valence-corrected chi connectivity index (χ4v) is 13.9. The maximum absolute atomic E-state index is 14.1. The lowest BCUT2D eigenvalue weighted by molar-refractivity contribution is -0.223. The normalized spacial score (nSPS) is 26.2. The van der Waals surface area contributed by atoms with Gasteiger partial charge in [0.2, 0.25) is 0 Å². The van der Waals surface area contributed by atoms with Crippen molar-refractivity contribution < 1.29 is 42.6 Å². The van der Waals surface area contributed by atoms with E-state index < -0.39 is 29.5 Å². The predicted molar refractivity (Wildman–Crippen MR) is 331 cm³/mol. The third-order valence-corrected chi connectivity index (χ3v) is 20.6. The molecular weight excluding hydrogens is 1080 g/mol. The summed E-state index contributed by atoms with van der Waals surface area (Å²) in [4.78, 5) is 0. The molecule has 0 saturated heterocycles. The monoisotopic (exact) mass is 1190 g/mol. The van der Waals surface area contributed by atoms with Crippen molar-refractivity contribution in [2.24, 2.45) is 59.2 Å². The van der Waals surface area contributed by atoms with E-state index in [0.29, 0.717) is 63.4 Å². The highest BCUT2D eigenvalue weighted by atomic mass is 35.5. The van der Waals surface area contributed by atoms with Crippen molar-refractivity contribution in [2.75, 3.05) is 0 Å². The molecule has 0 amide bonds. The van der Waals surface area contributed by atoms with Crippen LogP contribution in [-0.2, 0) is 19.3 Å². The summed E-state index contributed by atoms with van der Waals surface area (Å²) in [5, 5.41) is 0.248. The molecule has 5 aliphatic rings. The van der Waals surface area contributed by atoms with Crippen LogP contribution in [0.1, 0.15) is 221 Å². The average molecular weight is 1190 g/mol. The highest BCUT2D eigenvalue weighted by molar-refractivity contribution is 6.32. The number of ether oxygens (including phenoxy) is 1. The molecule has 0 heterocycles. The van der Waals surface area contributed by atoms with Gasteiger partial charge in [-0.15, -0.1) is 0 Å².